The highest BCUT2D eigenvalue weighted by Gasteiger charge is 2.53. The van der Waals surface area contributed by atoms with Gasteiger partial charge in [0.2, 0.25) is 0 Å². The van der Waals surface area contributed by atoms with Crippen molar-refractivity contribution in [3.8, 4) is 66.9 Å². The summed E-state index contributed by atoms with van der Waals surface area (Å²) in [6, 6.07) is 62.9. The van der Waals surface area contributed by atoms with Crippen molar-refractivity contribution in [1.29, 1.82) is 0 Å². The third-order valence-corrected chi connectivity index (χ3v) is 12.0. The topological polar surface area (TPSA) is 38.7 Å². The molecular weight excluding hydrogens is 651 g/mol. The number of hydrogen-bond acceptors (Lipinski definition) is 4. The standard InChI is InChI=1S/C48H29N3S/c1-3-14-31(15-4-1)45-49-46(32-16-5-2-6-17-32)51-47(50-45)33-28-26-30(27-29-33)34-21-13-24-40-42(34)44-43(37-20-9-12-25-41(37)52-44)48(40)38-22-10-7-18-35(38)36-19-8-11-23-39(36)48/h1-29H. The van der Waals surface area contributed by atoms with Crippen LogP contribution >= 0.6 is 11.3 Å². The predicted octanol–water partition coefficient (Wildman–Crippen LogP) is 12.1. The molecule has 2 heterocycles. The third-order valence-electron chi connectivity index (χ3n) is 10.8. The van der Waals surface area contributed by atoms with Crippen LogP contribution in [0, 0.1) is 0 Å². The van der Waals surface area contributed by atoms with Crippen molar-refractivity contribution in [3.63, 3.8) is 0 Å². The lowest BCUT2D eigenvalue weighted by molar-refractivity contribution is 0.803. The fraction of sp³-hybridized carbons (Fsp3) is 0.0208. The SMILES string of the molecule is c1ccc(-c2nc(-c3ccccc3)nc(-c3ccc(-c4cccc5c4-c4sc6ccccc6c4C54c5ccccc5-c5ccccc54)cc3)n2)cc1. The molecule has 52 heavy (non-hydrogen) atoms. The molecule has 11 rings (SSSR count). The molecule has 1 spiro atoms. The van der Waals surface area contributed by atoms with Gasteiger partial charge in [0.1, 0.15) is 0 Å². The van der Waals surface area contributed by atoms with Gasteiger partial charge in [-0.3, -0.25) is 0 Å². The molecule has 0 bridgehead atoms. The Kier molecular flexibility index (Phi) is 6.34. The molecule has 0 saturated heterocycles. The van der Waals surface area contributed by atoms with Gasteiger partial charge in [-0.15, -0.1) is 11.3 Å². The first kappa shape index (κ1) is 29.3. The van der Waals surface area contributed by atoms with E-state index in [0.717, 1.165) is 16.7 Å². The maximum Gasteiger partial charge on any atom is 0.164 e. The van der Waals surface area contributed by atoms with Crippen molar-refractivity contribution in [2.45, 2.75) is 5.41 Å². The second-order valence-electron chi connectivity index (χ2n) is 13.5. The molecule has 0 amide bonds. The van der Waals surface area contributed by atoms with Gasteiger partial charge in [-0.2, -0.15) is 0 Å². The molecule has 9 aromatic rings. The number of benzene rings is 7. The molecule has 2 aliphatic carbocycles. The molecule has 0 unspecified atom stereocenters. The molecule has 3 nitrogen and oxygen atoms in total. The summed E-state index contributed by atoms with van der Waals surface area (Å²) in [6.07, 6.45) is 0. The second-order valence-corrected chi connectivity index (χ2v) is 14.5. The van der Waals surface area contributed by atoms with E-state index in [1.807, 2.05) is 72.0 Å². The van der Waals surface area contributed by atoms with Crippen LogP contribution in [0.3, 0.4) is 0 Å². The molecule has 7 aromatic carbocycles. The molecule has 0 atom stereocenters. The van der Waals surface area contributed by atoms with Crippen molar-refractivity contribution < 1.29 is 0 Å². The Bertz CT molecular complexity index is 2730. The molecule has 4 heteroatoms. The van der Waals surface area contributed by atoms with E-state index < -0.39 is 0 Å². The Morgan fingerprint density at radius 3 is 1.44 bits per heavy atom. The number of aromatic nitrogens is 3. The van der Waals surface area contributed by atoms with Crippen molar-refractivity contribution >= 4 is 21.4 Å². The van der Waals surface area contributed by atoms with E-state index in [1.165, 1.54) is 65.0 Å². The summed E-state index contributed by atoms with van der Waals surface area (Å²) < 4.78 is 1.32. The third kappa shape index (κ3) is 4.10. The van der Waals surface area contributed by atoms with E-state index in [0.29, 0.717) is 17.5 Å². The van der Waals surface area contributed by atoms with Crippen LogP contribution < -0.4 is 0 Å². The minimum atomic E-state index is -0.389. The zero-order valence-corrected chi connectivity index (χ0v) is 28.8. The van der Waals surface area contributed by atoms with Gasteiger partial charge in [0, 0.05) is 31.8 Å². The monoisotopic (exact) mass is 679 g/mol. The van der Waals surface area contributed by atoms with Gasteiger partial charge < -0.3 is 0 Å². The van der Waals surface area contributed by atoms with Crippen LogP contribution in [0.5, 0.6) is 0 Å². The van der Waals surface area contributed by atoms with E-state index in [4.69, 9.17) is 15.0 Å². The Labute approximate surface area is 305 Å². The van der Waals surface area contributed by atoms with E-state index in [-0.39, 0.29) is 5.41 Å². The number of rotatable bonds is 4. The minimum absolute atomic E-state index is 0.389. The van der Waals surface area contributed by atoms with E-state index in [9.17, 15) is 0 Å². The number of hydrogen-bond donors (Lipinski definition) is 0. The first-order valence-corrected chi connectivity index (χ1v) is 18.4. The highest BCUT2D eigenvalue weighted by molar-refractivity contribution is 7.22. The maximum absolute atomic E-state index is 4.98. The minimum Gasteiger partial charge on any atom is -0.208 e. The van der Waals surface area contributed by atoms with Crippen LogP contribution in [0.1, 0.15) is 22.3 Å². The summed E-state index contributed by atoms with van der Waals surface area (Å²) in [4.78, 5) is 16.2. The molecule has 0 radical (unpaired) electrons. The van der Waals surface area contributed by atoms with E-state index in [1.54, 1.807) is 0 Å². The summed E-state index contributed by atoms with van der Waals surface area (Å²) >= 11 is 1.92. The zero-order valence-electron chi connectivity index (χ0n) is 28.0. The lowest BCUT2D eigenvalue weighted by atomic mass is 9.70. The number of fused-ring (bicyclic) bond motifs is 12. The molecular formula is C48H29N3S. The van der Waals surface area contributed by atoms with Gasteiger partial charge >= 0.3 is 0 Å². The molecule has 2 aliphatic rings. The van der Waals surface area contributed by atoms with Crippen molar-refractivity contribution in [2.24, 2.45) is 0 Å². The van der Waals surface area contributed by atoms with E-state index >= 15 is 0 Å². The maximum atomic E-state index is 4.98. The second kappa shape index (κ2) is 11.3. The summed E-state index contributed by atoms with van der Waals surface area (Å²) in [5.74, 6) is 1.98. The van der Waals surface area contributed by atoms with Crippen LogP contribution in [0.2, 0.25) is 0 Å². The summed E-state index contributed by atoms with van der Waals surface area (Å²) in [5, 5.41) is 1.34. The molecule has 0 fully saturated rings. The van der Waals surface area contributed by atoms with Gasteiger partial charge in [0.25, 0.3) is 0 Å². The van der Waals surface area contributed by atoms with Crippen molar-refractivity contribution in [3.05, 3.63) is 198 Å². The van der Waals surface area contributed by atoms with Gasteiger partial charge in [-0.25, -0.2) is 15.0 Å². The Morgan fingerprint density at radius 1 is 0.365 bits per heavy atom. The lowest BCUT2D eigenvalue weighted by Gasteiger charge is -2.30. The first-order valence-electron chi connectivity index (χ1n) is 17.6. The molecule has 2 aromatic heterocycles. The van der Waals surface area contributed by atoms with Gasteiger partial charge in [0.05, 0.1) is 5.41 Å². The molecule has 0 N–H and O–H groups in total. The first-order chi connectivity index (χ1) is 25.8. The van der Waals surface area contributed by atoms with Crippen LogP contribution in [0.4, 0.5) is 0 Å². The summed E-state index contributed by atoms with van der Waals surface area (Å²) in [7, 11) is 0. The smallest absolute Gasteiger partial charge is 0.164 e. The van der Waals surface area contributed by atoms with Gasteiger partial charge in [-0.1, -0.05) is 170 Å². The van der Waals surface area contributed by atoms with Crippen LogP contribution in [0.15, 0.2) is 176 Å². The summed E-state index contributed by atoms with van der Waals surface area (Å²) in [5.41, 5.74) is 14.4. The van der Waals surface area contributed by atoms with Crippen LogP contribution in [0.25, 0.3) is 76.9 Å². The largest absolute Gasteiger partial charge is 0.208 e. The average molecular weight is 680 g/mol. The zero-order chi connectivity index (χ0) is 34.2. The van der Waals surface area contributed by atoms with Gasteiger partial charge in [0.15, 0.2) is 17.5 Å². The van der Waals surface area contributed by atoms with Crippen molar-refractivity contribution in [2.75, 3.05) is 0 Å². The quantitative estimate of drug-likeness (QED) is 0.186. The molecule has 0 saturated carbocycles. The normalized spacial score (nSPS) is 13.2. The Balaban J connectivity index is 1.11. The van der Waals surface area contributed by atoms with Crippen molar-refractivity contribution in [1.82, 2.24) is 15.0 Å². The Hall–Kier alpha value is -6.49. The lowest BCUT2D eigenvalue weighted by Crippen LogP contribution is -2.25. The highest BCUT2D eigenvalue weighted by Crippen LogP contribution is 2.67. The highest BCUT2D eigenvalue weighted by atomic mass is 32.1. The number of thiophene rings is 1. The fourth-order valence-corrected chi connectivity index (χ4v) is 9.94. The molecule has 242 valence electrons. The molecule has 0 aliphatic heterocycles. The van der Waals surface area contributed by atoms with E-state index in [2.05, 4.69) is 115 Å². The average Bonchev–Trinajstić information content (AvgIpc) is 3.85. The fourth-order valence-electron chi connectivity index (χ4n) is 8.61. The van der Waals surface area contributed by atoms with Crippen LogP contribution in [-0.4, -0.2) is 15.0 Å². The number of nitrogens with zero attached hydrogens (tertiary/aromatic N) is 3. The summed E-state index contributed by atoms with van der Waals surface area (Å²) in [6.45, 7) is 0. The van der Waals surface area contributed by atoms with Gasteiger partial charge in [-0.05, 0) is 56.0 Å². The Morgan fingerprint density at radius 2 is 0.827 bits per heavy atom. The predicted molar refractivity (Wildman–Crippen MR) is 213 cm³/mol. The van der Waals surface area contributed by atoms with Crippen LogP contribution in [-0.2, 0) is 5.41 Å².